The Balaban J connectivity index is 1.75. The number of cyclic esters (lactones) is 1. The van der Waals surface area contributed by atoms with Crippen LogP contribution in [0.5, 0.6) is 0 Å². The minimum atomic E-state index is -0.429. The molecule has 2 heterocycles. The summed E-state index contributed by atoms with van der Waals surface area (Å²) in [6, 6.07) is 5.29. The SMILES string of the molecule is O=C1OCCN1CC(=O)N1CCSC1c1ccc(Cl)cc1Cl. The fourth-order valence-corrected chi connectivity index (χ4v) is 4.40. The van der Waals surface area contributed by atoms with E-state index < -0.39 is 6.09 Å². The number of carbonyl (C=O) groups is 2. The lowest BCUT2D eigenvalue weighted by molar-refractivity contribution is -0.131. The first kappa shape index (κ1) is 15.8. The summed E-state index contributed by atoms with van der Waals surface area (Å²) in [7, 11) is 0. The minimum Gasteiger partial charge on any atom is -0.448 e. The first-order valence-electron chi connectivity index (χ1n) is 6.84. The van der Waals surface area contributed by atoms with Crippen LogP contribution in [-0.2, 0) is 9.53 Å². The van der Waals surface area contributed by atoms with Crippen molar-refractivity contribution in [1.82, 2.24) is 9.80 Å². The zero-order chi connectivity index (χ0) is 15.7. The molecule has 2 fully saturated rings. The van der Waals surface area contributed by atoms with Gasteiger partial charge in [-0.2, -0.15) is 0 Å². The molecule has 3 rings (SSSR count). The molecule has 8 heteroatoms. The third kappa shape index (κ3) is 3.14. The van der Waals surface area contributed by atoms with E-state index in [0.29, 0.717) is 29.7 Å². The van der Waals surface area contributed by atoms with Gasteiger partial charge in [-0.25, -0.2) is 4.79 Å². The molecule has 0 N–H and O–H groups in total. The number of thioether (sulfide) groups is 1. The first-order valence-corrected chi connectivity index (χ1v) is 8.64. The summed E-state index contributed by atoms with van der Waals surface area (Å²) in [5.74, 6) is 0.736. The van der Waals surface area contributed by atoms with Gasteiger partial charge in [0.1, 0.15) is 18.5 Å². The van der Waals surface area contributed by atoms with Gasteiger partial charge in [-0.1, -0.05) is 29.3 Å². The van der Waals surface area contributed by atoms with Gasteiger partial charge in [0.2, 0.25) is 5.91 Å². The topological polar surface area (TPSA) is 49.9 Å². The van der Waals surface area contributed by atoms with Crippen LogP contribution in [0.3, 0.4) is 0 Å². The second kappa shape index (κ2) is 6.56. The Morgan fingerprint density at radius 2 is 2.18 bits per heavy atom. The Morgan fingerprint density at radius 1 is 1.36 bits per heavy atom. The van der Waals surface area contributed by atoms with Crippen molar-refractivity contribution in [3.05, 3.63) is 33.8 Å². The van der Waals surface area contributed by atoms with Crippen molar-refractivity contribution in [3.63, 3.8) is 0 Å². The van der Waals surface area contributed by atoms with Crippen molar-refractivity contribution in [3.8, 4) is 0 Å². The van der Waals surface area contributed by atoms with Crippen LogP contribution in [0.15, 0.2) is 18.2 Å². The number of nitrogens with zero attached hydrogens (tertiary/aromatic N) is 2. The lowest BCUT2D eigenvalue weighted by Gasteiger charge is -2.26. The van der Waals surface area contributed by atoms with Crippen LogP contribution >= 0.6 is 35.0 Å². The number of ether oxygens (including phenoxy) is 1. The minimum absolute atomic E-state index is 0.0428. The van der Waals surface area contributed by atoms with Gasteiger partial charge in [0.25, 0.3) is 0 Å². The summed E-state index contributed by atoms with van der Waals surface area (Å²) >= 11 is 13.8. The van der Waals surface area contributed by atoms with E-state index >= 15 is 0 Å². The maximum Gasteiger partial charge on any atom is 0.410 e. The lowest BCUT2D eigenvalue weighted by Crippen LogP contribution is -2.40. The Hall–Kier alpha value is -1.11. The number of hydrogen-bond donors (Lipinski definition) is 0. The normalized spacial score (nSPS) is 21.4. The molecule has 0 aromatic heterocycles. The Kier molecular flexibility index (Phi) is 4.70. The molecule has 0 aliphatic carbocycles. The smallest absolute Gasteiger partial charge is 0.410 e. The third-order valence-electron chi connectivity index (χ3n) is 3.61. The number of halogens is 2. The number of carbonyl (C=O) groups excluding carboxylic acids is 2. The molecule has 22 heavy (non-hydrogen) atoms. The van der Waals surface area contributed by atoms with E-state index in [1.165, 1.54) is 4.90 Å². The number of rotatable bonds is 3. The average molecular weight is 361 g/mol. The molecule has 1 aromatic carbocycles. The molecule has 0 bridgehead atoms. The predicted molar refractivity (Wildman–Crippen MR) is 86.3 cm³/mol. The highest BCUT2D eigenvalue weighted by molar-refractivity contribution is 7.99. The zero-order valence-electron chi connectivity index (χ0n) is 11.6. The van der Waals surface area contributed by atoms with Gasteiger partial charge in [0, 0.05) is 27.9 Å². The predicted octanol–water partition coefficient (Wildman–Crippen LogP) is 3.02. The van der Waals surface area contributed by atoms with Gasteiger partial charge < -0.3 is 9.64 Å². The van der Waals surface area contributed by atoms with E-state index in [-0.39, 0.29) is 17.8 Å². The lowest BCUT2D eigenvalue weighted by atomic mass is 10.2. The highest BCUT2D eigenvalue weighted by Gasteiger charge is 2.34. The Bertz CT molecular complexity index is 614. The number of benzene rings is 1. The molecule has 2 aliphatic rings. The van der Waals surface area contributed by atoms with Crippen molar-refractivity contribution < 1.29 is 14.3 Å². The van der Waals surface area contributed by atoms with Crippen LogP contribution in [0.2, 0.25) is 10.0 Å². The van der Waals surface area contributed by atoms with Crippen molar-refractivity contribution in [1.29, 1.82) is 0 Å². The van der Waals surface area contributed by atoms with Crippen molar-refractivity contribution in [2.75, 3.05) is 32.0 Å². The van der Waals surface area contributed by atoms with E-state index in [1.807, 2.05) is 6.07 Å². The van der Waals surface area contributed by atoms with Crippen molar-refractivity contribution >= 4 is 47.0 Å². The molecule has 0 spiro atoms. The van der Waals surface area contributed by atoms with Crippen LogP contribution in [-0.4, -0.2) is 53.8 Å². The third-order valence-corrected chi connectivity index (χ3v) is 5.42. The van der Waals surface area contributed by atoms with Gasteiger partial charge in [0.05, 0.1) is 6.54 Å². The molecule has 0 radical (unpaired) electrons. The van der Waals surface area contributed by atoms with Crippen molar-refractivity contribution in [2.24, 2.45) is 0 Å². The number of amides is 2. The number of hydrogen-bond acceptors (Lipinski definition) is 4. The molecule has 0 saturated carbocycles. The van der Waals surface area contributed by atoms with Gasteiger partial charge in [-0.15, -0.1) is 11.8 Å². The summed E-state index contributed by atoms with van der Waals surface area (Å²) in [5, 5.41) is 0.968. The van der Waals surface area contributed by atoms with Crippen LogP contribution in [0.25, 0.3) is 0 Å². The molecule has 2 aliphatic heterocycles. The van der Waals surface area contributed by atoms with Crippen LogP contribution in [0.4, 0.5) is 4.79 Å². The summed E-state index contributed by atoms with van der Waals surface area (Å²) in [6.45, 7) is 1.47. The Morgan fingerprint density at radius 3 is 2.86 bits per heavy atom. The Labute approximate surface area is 142 Å². The molecule has 1 unspecified atom stereocenters. The summed E-state index contributed by atoms with van der Waals surface area (Å²) < 4.78 is 4.85. The van der Waals surface area contributed by atoms with E-state index in [2.05, 4.69) is 0 Å². The summed E-state index contributed by atoms with van der Waals surface area (Å²) in [6.07, 6.45) is -0.429. The average Bonchev–Trinajstić information content (AvgIpc) is 3.09. The van der Waals surface area contributed by atoms with Gasteiger partial charge in [0.15, 0.2) is 0 Å². The quantitative estimate of drug-likeness (QED) is 0.831. The molecule has 2 saturated heterocycles. The maximum atomic E-state index is 12.5. The molecule has 5 nitrogen and oxygen atoms in total. The van der Waals surface area contributed by atoms with Crippen LogP contribution in [0, 0.1) is 0 Å². The van der Waals surface area contributed by atoms with Crippen LogP contribution < -0.4 is 0 Å². The van der Waals surface area contributed by atoms with E-state index in [0.717, 1.165) is 11.3 Å². The van der Waals surface area contributed by atoms with Gasteiger partial charge >= 0.3 is 6.09 Å². The van der Waals surface area contributed by atoms with Gasteiger partial charge in [-0.05, 0) is 12.1 Å². The molecular weight excluding hydrogens is 347 g/mol. The molecule has 118 valence electrons. The molecule has 2 amide bonds. The molecule has 1 aromatic rings. The second-order valence-electron chi connectivity index (χ2n) is 5.01. The maximum absolute atomic E-state index is 12.5. The van der Waals surface area contributed by atoms with Crippen molar-refractivity contribution in [2.45, 2.75) is 5.37 Å². The standard InChI is InChI=1S/C14H14Cl2N2O3S/c15-9-1-2-10(11(16)7-9)13-18(4-6-22-13)12(19)8-17-3-5-21-14(17)20/h1-2,7,13H,3-6,8H2. The molecular formula is C14H14Cl2N2O3S. The second-order valence-corrected chi connectivity index (χ2v) is 7.04. The largest absolute Gasteiger partial charge is 0.448 e. The van der Waals surface area contributed by atoms with E-state index in [9.17, 15) is 9.59 Å². The van der Waals surface area contributed by atoms with E-state index in [4.69, 9.17) is 27.9 Å². The van der Waals surface area contributed by atoms with Crippen LogP contribution in [0.1, 0.15) is 10.9 Å². The van der Waals surface area contributed by atoms with E-state index in [1.54, 1.807) is 28.8 Å². The monoisotopic (exact) mass is 360 g/mol. The fourth-order valence-electron chi connectivity index (χ4n) is 2.51. The molecule has 1 atom stereocenters. The first-order chi connectivity index (χ1) is 10.6. The summed E-state index contributed by atoms with van der Waals surface area (Å²) in [4.78, 5) is 27.1. The zero-order valence-corrected chi connectivity index (χ0v) is 14.0. The fraction of sp³-hybridized carbons (Fsp3) is 0.429. The highest BCUT2D eigenvalue weighted by atomic mass is 35.5. The summed E-state index contributed by atoms with van der Waals surface area (Å²) in [5.41, 5.74) is 0.867. The highest BCUT2D eigenvalue weighted by Crippen LogP contribution is 2.41. The van der Waals surface area contributed by atoms with Gasteiger partial charge in [-0.3, -0.25) is 9.69 Å².